The number of nitrogens with one attached hydrogen (secondary N) is 3. The molecule has 2 amide bonds. The van der Waals surface area contributed by atoms with Crippen molar-refractivity contribution in [3.8, 4) is 0 Å². The Labute approximate surface area is 183 Å². The molecular weight excluding hydrogens is 438 g/mol. The minimum atomic E-state index is -1.37. The monoisotopic (exact) mass is 455 g/mol. The summed E-state index contributed by atoms with van der Waals surface area (Å²) < 4.78 is 0. The van der Waals surface area contributed by atoms with E-state index in [1.807, 2.05) is 0 Å². The number of aliphatic carboxylic acids is 2. The molecule has 0 fully saturated rings. The standard InChI is InChI=1S/C19H17N7O7/c20-19-25-14-13(17(31)26-19)23-11(7-21-14)16(30)22-9-3-1-8(2-4-9)15(29)24-10(18(32)33)5-6-12(27)28/h1-4,7,10H,5-6H2,(H,22,30)(H,24,29)(H,27,28)(H,32,33)(H3,20,21,25,26,31)/t10-/m0/s1. The van der Waals surface area contributed by atoms with Gasteiger partial charge in [-0.1, -0.05) is 0 Å². The third-order valence-corrected chi connectivity index (χ3v) is 4.32. The molecule has 0 radical (unpaired) electrons. The Kier molecular flexibility index (Phi) is 6.57. The number of nitrogen functional groups attached to an aromatic ring is 1. The van der Waals surface area contributed by atoms with Gasteiger partial charge in [-0.05, 0) is 30.7 Å². The van der Waals surface area contributed by atoms with Gasteiger partial charge < -0.3 is 26.6 Å². The average Bonchev–Trinajstić information content (AvgIpc) is 2.76. The first-order chi connectivity index (χ1) is 15.6. The van der Waals surface area contributed by atoms with Crippen LogP contribution >= 0.6 is 0 Å². The topological polar surface area (TPSA) is 230 Å². The fourth-order valence-corrected chi connectivity index (χ4v) is 2.71. The minimum absolute atomic E-state index is 0.0221. The molecule has 2 aromatic heterocycles. The van der Waals surface area contributed by atoms with E-state index >= 15 is 0 Å². The summed E-state index contributed by atoms with van der Waals surface area (Å²) >= 11 is 0. The molecule has 1 atom stereocenters. The number of carbonyl (C=O) groups is 4. The van der Waals surface area contributed by atoms with Crippen LogP contribution in [0.25, 0.3) is 11.2 Å². The quantitative estimate of drug-likeness (QED) is 0.256. The highest BCUT2D eigenvalue weighted by Gasteiger charge is 2.21. The molecule has 3 rings (SSSR count). The van der Waals surface area contributed by atoms with E-state index in [1.165, 1.54) is 24.3 Å². The lowest BCUT2D eigenvalue weighted by atomic mass is 10.1. The molecule has 0 aliphatic rings. The first-order valence-corrected chi connectivity index (χ1v) is 9.33. The molecule has 1 aromatic carbocycles. The molecular formula is C19H17N7O7. The largest absolute Gasteiger partial charge is 0.481 e. The second-order valence-corrected chi connectivity index (χ2v) is 6.71. The van der Waals surface area contributed by atoms with Gasteiger partial charge in [-0.25, -0.2) is 14.8 Å². The molecule has 14 heteroatoms. The second-order valence-electron chi connectivity index (χ2n) is 6.71. The number of aromatic nitrogens is 4. The molecule has 0 saturated carbocycles. The van der Waals surface area contributed by atoms with Crippen molar-refractivity contribution in [3.05, 3.63) is 52.1 Å². The van der Waals surface area contributed by atoms with Crippen LogP contribution in [-0.4, -0.2) is 59.9 Å². The van der Waals surface area contributed by atoms with Gasteiger partial charge in [0.25, 0.3) is 17.4 Å². The van der Waals surface area contributed by atoms with Crippen molar-refractivity contribution in [2.75, 3.05) is 11.1 Å². The number of rotatable bonds is 8. The van der Waals surface area contributed by atoms with Crippen molar-refractivity contribution in [2.45, 2.75) is 18.9 Å². The molecule has 0 saturated heterocycles. The van der Waals surface area contributed by atoms with Gasteiger partial charge in [-0.3, -0.25) is 24.2 Å². The molecule has 0 spiro atoms. The summed E-state index contributed by atoms with van der Waals surface area (Å²) in [4.78, 5) is 72.4. The summed E-state index contributed by atoms with van der Waals surface area (Å²) in [5, 5.41) is 22.6. The first-order valence-electron chi connectivity index (χ1n) is 9.33. The number of aromatic amines is 1. The van der Waals surface area contributed by atoms with E-state index < -0.39 is 41.8 Å². The van der Waals surface area contributed by atoms with Crippen LogP contribution in [0.1, 0.15) is 33.7 Å². The number of carboxylic acid groups (broad SMARTS) is 2. The average molecular weight is 455 g/mol. The van der Waals surface area contributed by atoms with E-state index in [0.29, 0.717) is 0 Å². The second kappa shape index (κ2) is 9.51. The van der Waals surface area contributed by atoms with Crippen LogP contribution in [0.5, 0.6) is 0 Å². The molecule has 0 unspecified atom stereocenters. The lowest BCUT2D eigenvalue weighted by molar-refractivity contribution is -0.140. The molecule has 7 N–H and O–H groups in total. The minimum Gasteiger partial charge on any atom is -0.481 e. The summed E-state index contributed by atoms with van der Waals surface area (Å²) in [5.74, 6) is -4.09. The van der Waals surface area contributed by atoms with Gasteiger partial charge >= 0.3 is 11.9 Å². The van der Waals surface area contributed by atoms with Gasteiger partial charge in [0, 0.05) is 17.7 Å². The summed E-state index contributed by atoms with van der Waals surface area (Å²) in [5.41, 5.74) is 4.80. The first kappa shape index (κ1) is 22.8. The van der Waals surface area contributed by atoms with Gasteiger partial charge in [0.05, 0.1) is 6.20 Å². The Morgan fingerprint density at radius 3 is 2.39 bits per heavy atom. The molecule has 0 aliphatic heterocycles. The SMILES string of the molecule is Nc1nc2ncc(C(=O)Nc3ccc(C(=O)N[C@@H](CCC(=O)O)C(=O)O)cc3)nc2c(=O)[nH]1. The maximum absolute atomic E-state index is 12.4. The smallest absolute Gasteiger partial charge is 0.326 e. The number of benzene rings is 1. The Morgan fingerprint density at radius 1 is 1.06 bits per heavy atom. The molecule has 170 valence electrons. The molecule has 0 aliphatic carbocycles. The maximum Gasteiger partial charge on any atom is 0.326 e. The maximum atomic E-state index is 12.4. The zero-order chi connectivity index (χ0) is 24.1. The van der Waals surface area contributed by atoms with Crippen LogP contribution in [0.2, 0.25) is 0 Å². The van der Waals surface area contributed by atoms with Crippen molar-refractivity contribution < 1.29 is 29.4 Å². The Morgan fingerprint density at radius 2 is 1.76 bits per heavy atom. The predicted molar refractivity (Wildman–Crippen MR) is 113 cm³/mol. The van der Waals surface area contributed by atoms with Gasteiger partial charge in [0.15, 0.2) is 11.2 Å². The number of nitrogens with zero attached hydrogens (tertiary/aromatic N) is 3. The molecule has 2 heterocycles. The normalized spacial score (nSPS) is 11.5. The van der Waals surface area contributed by atoms with Crippen LogP contribution in [0, 0.1) is 0 Å². The zero-order valence-corrected chi connectivity index (χ0v) is 16.7. The van der Waals surface area contributed by atoms with Crippen LogP contribution in [0.3, 0.4) is 0 Å². The lowest BCUT2D eigenvalue weighted by Gasteiger charge is -2.13. The van der Waals surface area contributed by atoms with Crippen LogP contribution in [0.15, 0.2) is 35.3 Å². The number of carbonyl (C=O) groups excluding carboxylic acids is 2. The van der Waals surface area contributed by atoms with E-state index in [0.717, 1.165) is 6.20 Å². The highest BCUT2D eigenvalue weighted by molar-refractivity contribution is 6.04. The summed E-state index contributed by atoms with van der Waals surface area (Å²) in [6, 6.07) is 4.09. The van der Waals surface area contributed by atoms with Gasteiger partial charge in [-0.15, -0.1) is 0 Å². The van der Waals surface area contributed by atoms with E-state index in [4.69, 9.17) is 15.9 Å². The Bertz CT molecular complexity index is 1300. The molecule has 3 aromatic rings. The van der Waals surface area contributed by atoms with E-state index in [1.54, 1.807) is 0 Å². The van der Waals surface area contributed by atoms with Crippen molar-refractivity contribution >= 4 is 46.6 Å². The van der Waals surface area contributed by atoms with Crippen LogP contribution in [-0.2, 0) is 9.59 Å². The molecule has 0 bridgehead atoms. The van der Waals surface area contributed by atoms with E-state index in [2.05, 4.69) is 30.6 Å². The summed E-state index contributed by atoms with van der Waals surface area (Å²) in [6.07, 6.45) is 0.423. The summed E-state index contributed by atoms with van der Waals surface area (Å²) in [7, 11) is 0. The van der Waals surface area contributed by atoms with Crippen molar-refractivity contribution in [2.24, 2.45) is 0 Å². The van der Waals surface area contributed by atoms with E-state index in [-0.39, 0.29) is 40.5 Å². The number of hydrogen-bond donors (Lipinski definition) is 6. The number of anilines is 2. The third-order valence-electron chi connectivity index (χ3n) is 4.32. The number of carboxylic acids is 2. The number of amides is 2. The number of hydrogen-bond acceptors (Lipinski definition) is 9. The molecule has 14 nitrogen and oxygen atoms in total. The Hall–Kier alpha value is -4.88. The fourth-order valence-electron chi connectivity index (χ4n) is 2.71. The van der Waals surface area contributed by atoms with Crippen LogP contribution < -0.4 is 21.9 Å². The molecule has 33 heavy (non-hydrogen) atoms. The van der Waals surface area contributed by atoms with E-state index in [9.17, 15) is 24.0 Å². The van der Waals surface area contributed by atoms with Gasteiger partial charge in [0.1, 0.15) is 11.7 Å². The highest BCUT2D eigenvalue weighted by Crippen LogP contribution is 2.12. The van der Waals surface area contributed by atoms with Crippen molar-refractivity contribution in [1.82, 2.24) is 25.3 Å². The number of nitrogens with two attached hydrogens (primary N) is 1. The van der Waals surface area contributed by atoms with Gasteiger partial charge in [0.2, 0.25) is 5.95 Å². The number of H-pyrrole nitrogens is 1. The van der Waals surface area contributed by atoms with Crippen LogP contribution in [0.4, 0.5) is 11.6 Å². The highest BCUT2D eigenvalue weighted by atomic mass is 16.4. The zero-order valence-electron chi connectivity index (χ0n) is 16.7. The lowest BCUT2D eigenvalue weighted by Crippen LogP contribution is -2.41. The number of fused-ring (bicyclic) bond motifs is 1. The summed E-state index contributed by atoms with van der Waals surface area (Å²) in [6.45, 7) is 0. The Balaban J connectivity index is 1.68. The predicted octanol–water partition coefficient (Wildman–Crippen LogP) is -0.405. The van der Waals surface area contributed by atoms with Gasteiger partial charge in [-0.2, -0.15) is 4.98 Å². The fraction of sp³-hybridized carbons (Fsp3) is 0.158. The third kappa shape index (κ3) is 5.63. The van der Waals surface area contributed by atoms with Crippen molar-refractivity contribution in [3.63, 3.8) is 0 Å². The van der Waals surface area contributed by atoms with Crippen molar-refractivity contribution in [1.29, 1.82) is 0 Å².